The molecule has 0 amide bonds. The molecule has 2 heterocycles. The second-order valence-corrected chi connectivity index (χ2v) is 7.59. The molecule has 5 aromatic rings. The zero-order valence-electron chi connectivity index (χ0n) is 17.9. The predicted octanol–water partition coefficient (Wildman–Crippen LogP) is 6.41. The molecule has 0 saturated carbocycles. The van der Waals surface area contributed by atoms with Crippen molar-refractivity contribution in [2.75, 3.05) is 0 Å². The highest BCUT2D eigenvalue weighted by atomic mass is 16.5. The Labute approximate surface area is 187 Å². The highest BCUT2D eigenvalue weighted by Crippen LogP contribution is 2.28. The fourth-order valence-electron chi connectivity index (χ4n) is 3.62. The van der Waals surface area contributed by atoms with E-state index in [1.54, 1.807) is 0 Å². The van der Waals surface area contributed by atoms with Crippen molar-refractivity contribution in [2.24, 2.45) is 0 Å². The van der Waals surface area contributed by atoms with Crippen molar-refractivity contribution in [3.63, 3.8) is 0 Å². The summed E-state index contributed by atoms with van der Waals surface area (Å²) in [5.74, 6) is 2.43. The van der Waals surface area contributed by atoms with Crippen LogP contribution in [-0.2, 0) is 0 Å². The van der Waals surface area contributed by atoms with Crippen LogP contribution in [-0.4, -0.2) is 19.7 Å². The third kappa shape index (κ3) is 4.14. The summed E-state index contributed by atoms with van der Waals surface area (Å²) in [5.41, 5.74) is 5.15. The van der Waals surface area contributed by atoms with Crippen molar-refractivity contribution in [3.8, 4) is 40.0 Å². The van der Waals surface area contributed by atoms with Crippen LogP contribution in [0.3, 0.4) is 0 Å². The number of hydrogen-bond donors (Lipinski definition) is 0. The van der Waals surface area contributed by atoms with Gasteiger partial charge in [0, 0.05) is 17.3 Å². The van der Waals surface area contributed by atoms with Gasteiger partial charge in [-0.05, 0) is 43.2 Å². The van der Waals surface area contributed by atoms with Gasteiger partial charge in [-0.3, -0.25) is 0 Å². The minimum Gasteiger partial charge on any atom is -0.439 e. The van der Waals surface area contributed by atoms with Gasteiger partial charge < -0.3 is 4.74 Å². The largest absolute Gasteiger partial charge is 0.439 e. The summed E-state index contributed by atoms with van der Waals surface area (Å²) in [6.45, 7) is 3.97. The van der Waals surface area contributed by atoms with Crippen LogP contribution in [0.1, 0.15) is 11.4 Å². The van der Waals surface area contributed by atoms with E-state index >= 15 is 0 Å². The lowest BCUT2D eigenvalue weighted by molar-refractivity contribution is 0.461. The van der Waals surface area contributed by atoms with Gasteiger partial charge >= 0.3 is 0 Å². The van der Waals surface area contributed by atoms with Crippen LogP contribution in [0.5, 0.6) is 11.6 Å². The van der Waals surface area contributed by atoms with Gasteiger partial charge in [0.15, 0.2) is 11.6 Å². The van der Waals surface area contributed by atoms with Crippen LogP contribution in [0.15, 0.2) is 97.1 Å². The number of rotatable bonds is 5. The van der Waals surface area contributed by atoms with Crippen molar-refractivity contribution < 1.29 is 4.74 Å². The van der Waals surface area contributed by atoms with Gasteiger partial charge in [-0.1, -0.05) is 72.8 Å². The molecule has 0 aliphatic carbocycles. The van der Waals surface area contributed by atoms with E-state index in [-0.39, 0.29) is 0 Å². The standard InChI is InChI=1S/C27H22N4O/c1-19-17-20(2)31(30-19)25-18-26(29-27(28-25)23-11-7-4-8-12-23)32-24-15-13-22(14-16-24)21-9-5-3-6-10-21/h3-18H,1-2H3. The monoisotopic (exact) mass is 418 g/mol. The molecule has 0 unspecified atom stereocenters. The Balaban J connectivity index is 1.51. The van der Waals surface area contributed by atoms with Crippen molar-refractivity contribution >= 4 is 0 Å². The average molecular weight is 419 g/mol. The maximum absolute atomic E-state index is 6.15. The van der Waals surface area contributed by atoms with E-state index < -0.39 is 0 Å². The lowest BCUT2D eigenvalue weighted by Gasteiger charge is -2.11. The molecule has 0 N–H and O–H groups in total. The lowest BCUT2D eigenvalue weighted by atomic mass is 10.1. The van der Waals surface area contributed by atoms with Gasteiger partial charge in [0.1, 0.15) is 5.75 Å². The molecule has 0 saturated heterocycles. The molecule has 0 aliphatic heterocycles. The number of benzene rings is 3. The van der Waals surface area contributed by atoms with Crippen molar-refractivity contribution in [1.29, 1.82) is 0 Å². The normalized spacial score (nSPS) is 10.8. The van der Waals surface area contributed by atoms with Gasteiger partial charge in [-0.15, -0.1) is 0 Å². The van der Waals surface area contributed by atoms with Crippen LogP contribution < -0.4 is 4.74 Å². The number of aryl methyl sites for hydroxylation is 2. The first-order valence-corrected chi connectivity index (χ1v) is 10.5. The molecule has 0 atom stereocenters. The zero-order valence-corrected chi connectivity index (χ0v) is 17.9. The lowest BCUT2D eigenvalue weighted by Crippen LogP contribution is -2.05. The molecule has 5 heteroatoms. The smallest absolute Gasteiger partial charge is 0.225 e. The Bertz CT molecular complexity index is 1340. The van der Waals surface area contributed by atoms with E-state index in [4.69, 9.17) is 9.72 Å². The molecule has 2 aromatic heterocycles. The van der Waals surface area contributed by atoms with Gasteiger partial charge in [0.2, 0.25) is 5.88 Å². The third-order valence-corrected chi connectivity index (χ3v) is 5.13. The summed E-state index contributed by atoms with van der Waals surface area (Å²) < 4.78 is 7.96. The molecule has 0 aliphatic rings. The molecule has 156 valence electrons. The summed E-state index contributed by atoms with van der Waals surface area (Å²) >= 11 is 0. The van der Waals surface area contributed by atoms with Crippen molar-refractivity contribution in [3.05, 3.63) is 108 Å². The highest BCUT2D eigenvalue weighted by molar-refractivity contribution is 5.64. The van der Waals surface area contributed by atoms with E-state index in [0.29, 0.717) is 23.3 Å². The SMILES string of the molecule is Cc1cc(C)n(-c2cc(Oc3ccc(-c4ccccc4)cc3)nc(-c3ccccc3)n2)n1. The summed E-state index contributed by atoms with van der Waals surface area (Å²) in [4.78, 5) is 9.42. The first kappa shape index (κ1) is 19.7. The third-order valence-electron chi connectivity index (χ3n) is 5.13. The summed E-state index contributed by atoms with van der Waals surface area (Å²) in [7, 11) is 0. The Kier molecular flexibility index (Phi) is 5.22. The van der Waals surface area contributed by atoms with Gasteiger partial charge in [-0.2, -0.15) is 10.1 Å². The summed E-state index contributed by atoms with van der Waals surface area (Å²) in [6, 6.07) is 32.0. The molecule has 3 aromatic carbocycles. The number of hydrogen-bond acceptors (Lipinski definition) is 4. The summed E-state index contributed by atoms with van der Waals surface area (Å²) in [5, 5.41) is 4.58. The zero-order chi connectivity index (χ0) is 21.9. The Morgan fingerprint density at radius 3 is 1.91 bits per heavy atom. The minimum atomic E-state index is 0.467. The van der Waals surface area contributed by atoms with Gasteiger partial charge in [0.05, 0.1) is 5.69 Å². The summed E-state index contributed by atoms with van der Waals surface area (Å²) in [6.07, 6.45) is 0. The second kappa shape index (κ2) is 8.47. The maximum atomic E-state index is 6.15. The van der Waals surface area contributed by atoms with Crippen molar-refractivity contribution in [2.45, 2.75) is 13.8 Å². The van der Waals surface area contributed by atoms with Crippen LogP contribution in [0, 0.1) is 13.8 Å². The molecular formula is C27H22N4O. The fraction of sp³-hybridized carbons (Fsp3) is 0.0741. The van der Waals surface area contributed by atoms with Crippen molar-refractivity contribution in [1.82, 2.24) is 19.7 Å². The molecule has 0 spiro atoms. The predicted molar refractivity (Wildman–Crippen MR) is 126 cm³/mol. The number of ether oxygens (including phenoxy) is 1. The van der Waals surface area contributed by atoms with Gasteiger partial charge in [0.25, 0.3) is 0 Å². The Morgan fingerprint density at radius 1 is 0.656 bits per heavy atom. The topological polar surface area (TPSA) is 52.8 Å². The fourth-order valence-corrected chi connectivity index (χ4v) is 3.62. The molecule has 5 nitrogen and oxygen atoms in total. The van der Waals surface area contributed by atoms with Crippen LogP contribution in [0.25, 0.3) is 28.3 Å². The van der Waals surface area contributed by atoms with E-state index in [9.17, 15) is 0 Å². The number of nitrogens with zero attached hydrogens (tertiary/aromatic N) is 4. The van der Waals surface area contributed by atoms with Crippen LogP contribution in [0.4, 0.5) is 0 Å². The first-order valence-electron chi connectivity index (χ1n) is 10.5. The first-order chi connectivity index (χ1) is 15.7. The maximum Gasteiger partial charge on any atom is 0.225 e. The van der Waals surface area contributed by atoms with E-state index in [2.05, 4.69) is 22.2 Å². The molecule has 32 heavy (non-hydrogen) atoms. The van der Waals surface area contributed by atoms with E-state index in [1.807, 2.05) is 103 Å². The quantitative estimate of drug-likeness (QED) is 0.331. The number of aromatic nitrogens is 4. The van der Waals surface area contributed by atoms with Crippen LogP contribution >= 0.6 is 0 Å². The van der Waals surface area contributed by atoms with E-state index in [0.717, 1.165) is 22.5 Å². The molecule has 5 rings (SSSR count). The minimum absolute atomic E-state index is 0.467. The molecule has 0 bridgehead atoms. The molecule has 0 fully saturated rings. The Morgan fingerprint density at radius 2 is 1.28 bits per heavy atom. The second-order valence-electron chi connectivity index (χ2n) is 7.59. The molecular weight excluding hydrogens is 396 g/mol. The van der Waals surface area contributed by atoms with Crippen LogP contribution in [0.2, 0.25) is 0 Å². The molecule has 0 radical (unpaired) electrons. The Hall–Kier alpha value is -4.25. The van der Waals surface area contributed by atoms with Gasteiger partial charge in [-0.25, -0.2) is 9.67 Å². The highest BCUT2D eigenvalue weighted by Gasteiger charge is 2.13. The van der Waals surface area contributed by atoms with E-state index in [1.165, 1.54) is 5.56 Å². The average Bonchev–Trinajstić information content (AvgIpc) is 3.18.